The maximum atomic E-state index is 5.32. The first-order valence-electron chi connectivity index (χ1n) is 1.93. The lowest BCUT2D eigenvalue weighted by molar-refractivity contribution is 0.721. The molecule has 0 spiro atoms. The lowest BCUT2D eigenvalue weighted by Gasteiger charge is -2.13. The number of hydrogen-bond donors (Lipinski definition) is 2. The molecule has 0 rings (SSSR count). The summed E-state index contributed by atoms with van der Waals surface area (Å²) in [6.45, 7) is 5.17. The fourth-order valence-electron chi connectivity index (χ4n) is 0.180. The van der Waals surface area contributed by atoms with E-state index in [4.69, 9.17) is 11.5 Å². The second-order valence-electron chi connectivity index (χ2n) is 1.47. The van der Waals surface area contributed by atoms with Gasteiger partial charge in [-0.3, -0.25) is 0 Å². The molecule has 0 unspecified atom stereocenters. The fourth-order valence-corrected chi connectivity index (χ4v) is 0.539. The Kier molecular flexibility index (Phi) is 2.35. The van der Waals surface area contributed by atoms with Crippen LogP contribution in [0.2, 0.25) is 0 Å². The van der Waals surface area contributed by atoms with Crippen molar-refractivity contribution in [3.63, 3.8) is 0 Å². The molecule has 0 aromatic heterocycles. The van der Waals surface area contributed by atoms with E-state index in [1.165, 1.54) is 11.8 Å². The van der Waals surface area contributed by atoms with Gasteiger partial charge >= 0.3 is 0 Å². The molecule has 0 heterocycles. The van der Waals surface area contributed by atoms with Crippen molar-refractivity contribution >= 4 is 11.8 Å². The van der Waals surface area contributed by atoms with Crippen LogP contribution in [-0.4, -0.2) is 4.99 Å². The topological polar surface area (TPSA) is 52.0 Å². The molecule has 0 aliphatic heterocycles. The third-order valence-corrected chi connectivity index (χ3v) is 1.01. The van der Waals surface area contributed by atoms with Crippen LogP contribution in [0.5, 0.6) is 0 Å². The van der Waals surface area contributed by atoms with Gasteiger partial charge in [0.25, 0.3) is 0 Å². The molecule has 0 atom stereocenters. The zero-order valence-electron chi connectivity index (χ0n) is 4.35. The first kappa shape index (κ1) is 7.01. The summed E-state index contributed by atoms with van der Waals surface area (Å²) in [7, 11) is 0. The maximum absolute atomic E-state index is 5.32. The molecule has 0 saturated carbocycles. The molecular formula is C4H10N2S. The number of rotatable bonds is 2. The van der Waals surface area contributed by atoms with Gasteiger partial charge in [0.1, 0.15) is 4.99 Å². The van der Waals surface area contributed by atoms with Gasteiger partial charge in [-0.15, -0.1) is 0 Å². The third-order valence-electron chi connectivity index (χ3n) is 0.337. The summed E-state index contributed by atoms with van der Waals surface area (Å²) >= 11 is 1.31. The lowest BCUT2D eigenvalue weighted by Crippen LogP contribution is -2.41. The molecule has 0 fully saturated rings. The van der Waals surface area contributed by atoms with Crippen molar-refractivity contribution in [2.75, 3.05) is 0 Å². The van der Waals surface area contributed by atoms with Crippen LogP contribution in [0.4, 0.5) is 0 Å². The molecule has 4 N–H and O–H groups in total. The smallest absolute Gasteiger partial charge is 0.113 e. The quantitative estimate of drug-likeness (QED) is 0.518. The van der Waals surface area contributed by atoms with Crippen molar-refractivity contribution in [3.05, 3.63) is 12.0 Å². The van der Waals surface area contributed by atoms with Crippen LogP contribution in [0.1, 0.15) is 6.92 Å². The normalized spacial score (nSPS) is 11.3. The third kappa shape index (κ3) is 6.01. The first-order valence-corrected chi connectivity index (χ1v) is 2.81. The van der Waals surface area contributed by atoms with Gasteiger partial charge in [0.15, 0.2) is 0 Å². The van der Waals surface area contributed by atoms with Crippen LogP contribution in [-0.2, 0) is 0 Å². The van der Waals surface area contributed by atoms with Gasteiger partial charge in [0.05, 0.1) is 0 Å². The second-order valence-corrected chi connectivity index (χ2v) is 2.92. The van der Waals surface area contributed by atoms with E-state index < -0.39 is 4.99 Å². The molecule has 0 aromatic carbocycles. The Morgan fingerprint density at radius 3 is 2.14 bits per heavy atom. The van der Waals surface area contributed by atoms with Gasteiger partial charge in [0.2, 0.25) is 0 Å². The average molecular weight is 118 g/mol. The molecule has 0 aromatic rings. The Bertz CT molecular complexity index is 64.6. The molecule has 0 radical (unpaired) electrons. The Morgan fingerprint density at radius 1 is 1.71 bits per heavy atom. The van der Waals surface area contributed by atoms with Gasteiger partial charge in [-0.05, 0) is 12.3 Å². The molecule has 2 nitrogen and oxygen atoms in total. The molecule has 0 saturated heterocycles. The summed E-state index contributed by atoms with van der Waals surface area (Å²) in [5.74, 6) is 0. The van der Waals surface area contributed by atoms with E-state index in [0.717, 1.165) is 0 Å². The van der Waals surface area contributed by atoms with Crippen LogP contribution < -0.4 is 11.5 Å². The van der Waals surface area contributed by atoms with Crippen LogP contribution in [0.25, 0.3) is 0 Å². The summed E-state index contributed by atoms with van der Waals surface area (Å²) in [5, 5.41) is 1.62. The summed E-state index contributed by atoms with van der Waals surface area (Å²) < 4.78 is 0. The SMILES string of the molecule is C=CSC(C)(N)N. The largest absolute Gasteiger partial charge is 0.305 e. The van der Waals surface area contributed by atoms with E-state index in [1.54, 1.807) is 12.3 Å². The standard InChI is InChI=1S/C4H10N2S/c1-3-7-4(2,5)6/h3H,1,5-6H2,2H3. The lowest BCUT2D eigenvalue weighted by atomic mass is 10.6. The molecule has 42 valence electrons. The van der Waals surface area contributed by atoms with Crippen molar-refractivity contribution in [2.45, 2.75) is 11.9 Å². The van der Waals surface area contributed by atoms with Crippen LogP contribution in [0, 0.1) is 0 Å². The highest BCUT2D eigenvalue weighted by Crippen LogP contribution is 2.11. The van der Waals surface area contributed by atoms with Crippen molar-refractivity contribution in [1.82, 2.24) is 0 Å². The monoisotopic (exact) mass is 118 g/mol. The van der Waals surface area contributed by atoms with Crippen LogP contribution in [0.3, 0.4) is 0 Å². The molecule has 0 aliphatic rings. The van der Waals surface area contributed by atoms with Crippen molar-refractivity contribution in [2.24, 2.45) is 11.5 Å². The van der Waals surface area contributed by atoms with Crippen LogP contribution in [0.15, 0.2) is 12.0 Å². The fraction of sp³-hybridized carbons (Fsp3) is 0.500. The summed E-state index contributed by atoms with van der Waals surface area (Å²) in [6, 6.07) is 0. The minimum absolute atomic E-state index is 0.651. The van der Waals surface area contributed by atoms with Crippen LogP contribution >= 0.6 is 11.8 Å². The van der Waals surface area contributed by atoms with E-state index in [1.807, 2.05) is 0 Å². The highest BCUT2D eigenvalue weighted by Gasteiger charge is 2.06. The maximum Gasteiger partial charge on any atom is 0.113 e. The molecular weight excluding hydrogens is 108 g/mol. The molecule has 7 heavy (non-hydrogen) atoms. The summed E-state index contributed by atoms with van der Waals surface area (Å²) in [4.78, 5) is -0.651. The van der Waals surface area contributed by atoms with Gasteiger partial charge in [-0.2, -0.15) is 0 Å². The Labute approximate surface area is 47.9 Å². The van der Waals surface area contributed by atoms with Gasteiger partial charge < -0.3 is 11.5 Å². The molecule has 0 aliphatic carbocycles. The van der Waals surface area contributed by atoms with Gasteiger partial charge in [-0.1, -0.05) is 18.3 Å². The Hall–Kier alpha value is 0.01000. The minimum atomic E-state index is -0.651. The summed E-state index contributed by atoms with van der Waals surface area (Å²) in [5.41, 5.74) is 10.6. The molecule has 0 amide bonds. The predicted molar refractivity (Wildman–Crippen MR) is 34.6 cm³/mol. The van der Waals surface area contributed by atoms with E-state index in [-0.39, 0.29) is 0 Å². The average Bonchev–Trinajstić information content (AvgIpc) is 1.30. The van der Waals surface area contributed by atoms with E-state index in [2.05, 4.69) is 6.58 Å². The van der Waals surface area contributed by atoms with E-state index >= 15 is 0 Å². The second kappa shape index (κ2) is 2.35. The predicted octanol–water partition coefficient (Wildman–Crippen LogP) is 0.454. The molecule has 0 bridgehead atoms. The Balaban J connectivity index is 3.34. The highest BCUT2D eigenvalue weighted by molar-refractivity contribution is 8.03. The zero-order chi connectivity index (χ0) is 5.91. The van der Waals surface area contributed by atoms with E-state index in [9.17, 15) is 0 Å². The van der Waals surface area contributed by atoms with Gasteiger partial charge in [-0.25, -0.2) is 0 Å². The highest BCUT2D eigenvalue weighted by atomic mass is 32.2. The first-order chi connectivity index (χ1) is 3.06. The molecule has 3 heteroatoms. The van der Waals surface area contributed by atoms with E-state index in [0.29, 0.717) is 0 Å². The zero-order valence-corrected chi connectivity index (χ0v) is 5.16. The van der Waals surface area contributed by atoms with Gasteiger partial charge in [0, 0.05) is 0 Å². The summed E-state index contributed by atoms with van der Waals surface area (Å²) in [6.07, 6.45) is 0. The number of thioether (sulfide) groups is 1. The Morgan fingerprint density at radius 2 is 2.14 bits per heavy atom. The van der Waals surface area contributed by atoms with Crippen molar-refractivity contribution in [1.29, 1.82) is 0 Å². The van der Waals surface area contributed by atoms with Crippen molar-refractivity contribution < 1.29 is 0 Å². The minimum Gasteiger partial charge on any atom is -0.305 e. The number of nitrogens with two attached hydrogens (primary N) is 2. The van der Waals surface area contributed by atoms with Crippen molar-refractivity contribution in [3.8, 4) is 0 Å². The number of hydrogen-bond acceptors (Lipinski definition) is 3.